The van der Waals surface area contributed by atoms with Crippen LogP contribution in [0.5, 0.6) is 5.75 Å². The van der Waals surface area contributed by atoms with Crippen LogP contribution in [-0.4, -0.2) is 50.7 Å². The first kappa shape index (κ1) is 21.1. The summed E-state index contributed by atoms with van der Waals surface area (Å²) in [6, 6.07) is 3.79. The molecule has 0 N–H and O–H groups in total. The number of hydrogen-bond acceptors (Lipinski definition) is 6. The Labute approximate surface area is 172 Å². The Morgan fingerprint density at radius 3 is 2.76 bits per heavy atom. The molecule has 2 heterocycles. The van der Waals surface area contributed by atoms with E-state index in [4.69, 9.17) is 9.47 Å². The zero-order valence-corrected chi connectivity index (χ0v) is 17.6. The van der Waals surface area contributed by atoms with Crippen LogP contribution in [0.25, 0.3) is 11.4 Å². The summed E-state index contributed by atoms with van der Waals surface area (Å²) in [5.74, 6) is 0.773. The molecular formula is C21H31N5O3. The molecule has 3 rings (SSSR count). The van der Waals surface area contributed by atoms with E-state index in [1.54, 1.807) is 29.9 Å². The van der Waals surface area contributed by atoms with Gasteiger partial charge in [-0.25, -0.2) is 9.48 Å². The Balaban J connectivity index is 1.63. The van der Waals surface area contributed by atoms with Crippen LogP contribution in [0.2, 0.25) is 0 Å². The van der Waals surface area contributed by atoms with Crippen LogP contribution >= 0.6 is 0 Å². The molecule has 0 saturated heterocycles. The van der Waals surface area contributed by atoms with E-state index < -0.39 is 0 Å². The van der Waals surface area contributed by atoms with Crippen LogP contribution in [0.3, 0.4) is 0 Å². The van der Waals surface area contributed by atoms with Crippen molar-refractivity contribution in [2.45, 2.75) is 64.6 Å². The van der Waals surface area contributed by atoms with Crippen molar-refractivity contribution in [1.29, 1.82) is 0 Å². The standard InChI is InChI=1S/C21H31N5O3/c1-4-5-13-25(2)21(27)28-15-19-20(23-24-26(19)3)18-12-11-17(14-22-18)29-16-9-7-6-8-10-16/h11-12,14,16H,4-10,13,15H2,1-3H3. The third kappa shape index (κ3) is 5.68. The molecular weight excluding hydrogens is 370 g/mol. The Kier molecular flexibility index (Phi) is 7.43. The van der Waals surface area contributed by atoms with Gasteiger partial charge in [0.2, 0.25) is 0 Å². The molecule has 1 aliphatic rings. The van der Waals surface area contributed by atoms with E-state index in [2.05, 4.69) is 22.2 Å². The largest absolute Gasteiger partial charge is 0.489 e. The van der Waals surface area contributed by atoms with Gasteiger partial charge in [0.25, 0.3) is 0 Å². The van der Waals surface area contributed by atoms with Crippen molar-refractivity contribution in [3.63, 3.8) is 0 Å². The maximum absolute atomic E-state index is 12.2. The molecule has 1 saturated carbocycles. The Morgan fingerprint density at radius 1 is 1.28 bits per heavy atom. The van der Waals surface area contributed by atoms with Crippen molar-refractivity contribution < 1.29 is 14.3 Å². The Morgan fingerprint density at radius 2 is 2.07 bits per heavy atom. The number of unbranched alkanes of at least 4 members (excludes halogenated alkanes) is 1. The first-order valence-electron chi connectivity index (χ1n) is 10.5. The Bertz CT molecular complexity index is 784. The highest BCUT2D eigenvalue weighted by Gasteiger charge is 2.19. The van der Waals surface area contributed by atoms with Crippen molar-refractivity contribution in [3.05, 3.63) is 24.0 Å². The number of hydrogen-bond donors (Lipinski definition) is 0. The molecule has 0 bridgehead atoms. The minimum atomic E-state index is -0.352. The molecule has 0 radical (unpaired) electrons. The van der Waals surface area contributed by atoms with E-state index in [-0.39, 0.29) is 18.8 Å². The van der Waals surface area contributed by atoms with Crippen LogP contribution < -0.4 is 4.74 Å². The summed E-state index contributed by atoms with van der Waals surface area (Å²) < 4.78 is 13.1. The number of carbonyl (C=O) groups is 1. The smallest absolute Gasteiger partial charge is 0.409 e. The fraction of sp³-hybridized carbons (Fsp3) is 0.619. The summed E-state index contributed by atoms with van der Waals surface area (Å²) in [6.07, 6.45) is 9.60. The molecule has 1 amide bonds. The summed E-state index contributed by atoms with van der Waals surface area (Å²) in [5, 5.41) is 8.28. The minimum Gasteiger partial charge on any atom is -0.489 e. The average molecular weight is 402 g/mol. The molecule has 0 aliphatic heterocycles. The predicted molar refractivity (Wildman–Crippen MR) is 109 cm³/mol. The third-order valence-electron chi connectivity index (χ3n) is 5.27. The summed E-state index contributed by atoms with van der Waals surface area (Å²) in [5.41, 5.74) is 2.00. The number of pyridine rings is 1. The van der Waals surface area contributed by atoms with Gasteiger partial charge in [-0.3, -0.25) is 4.98 Å². The van der Waals surface area contributed by atoms with Gasteiger partial charge in [-0.15, -0.1) is 5.10 Å². The van der Waals surface area contributed by atoms with Crippen molar-refractivity contribution in [2.24, 2.45) is 7.05 Å². The number of rotatable bonds is 8. The SMILES string of the molecule is CCCCN(C)C(=O)OCc1c(-c2ccc(OC3CCCCC3)cn2)nnn1C. The van der Waals surface area contributed by atoms with Gasteiger partial charge >= 0.3 is 6.09 Å². The molecule has 2 aromatic rings. The van der Waals surface area contributed by atoms with Crippen molar-refractivity contribution >= 4 is 6.09 Å². The van der Waals surface area contributed by atoms with Gasteiger partial charge in [0, 0.05) is 20.6 Å². The van der Waals surface area contributed by atoms with Gasteiger partial charge < -0.3 is 14.4 Å². The number of ether oxygens (including phenoxy) is 2. The molecule has 1 aliphatic carbocycles. The lowest BCUT2D eigenvalue weighted by Crippen LogP contribution is -2.28. The molecule has 0 spiro atoms. The second-order valence-electron chi connectivity index (χ2n) is 7.60. The van der Waals surface area contributed by atoms with Crippen molar-refractivity contribution in [2.75, 3.05) is 13.6 Å². The number of aromatic nitrogens is 4. The van der Waals surface area contributed by atoms with E-state index in [0.29, 0.717) is 23.6 Å². The van der Waals surface area contributed by atoms with E-state index >= 15 is 0 Å². The van der Waals surface area contributed by atoms with Crippen LogP contribution in [0.15, 0.2) is 18.3 Å². The van der Waals surface area contributed by atoms with Gasteiger partial charge in [0.05, 0.1) is 18.0 Å². The van der Waals surface area contributed by atoms with Crippen LogP contribution in [0.4, 0.5) is 4.79 Å². The second kappa shape index (κ2) is 10.2. The highest BCUT2D eigenvalue weighted by atomic mass is 16.6. The van der Waals surface area contributed by atoms with Gasteiger partial charge in [-0.05, 0) is 44.2 Å². The minimum absolute atomic E-state index is 0.0934. The summed E-state index contributed by atoms with van der Waals surface area (Å²) in [6.45, 7) is 2.86. The van der Waals surface area contributed by atoms with Gasteiger partial charge in [-0.1, -0.05) is 25.0 Å². The summed E-state index contributed by atoms with van der Waals surface area (Å²) in [7, 11) is 3.52. The van der Waals surface area contributed by atoms with Crippen LogP contribution in [-0.2, 0) is 18.4 Å². The average Bonchev–Trinajstić information content (AvgIpc) is 3.11. The first-order valence-corrected chi connectivity index (χ1v) is 10.5. The fourth-order valence-electron chi connectivity index (χ4n) is 3.43. The lowest BCUT2D eigenvalue weighted by molar-refractivity contribution is 0.102. The normalized spacial score (nSPS) is 14.6. The Hall–Kier alpha value is -2.64. The maximum atomic E-state index is 12.2. The monoisotopic (exact) mass is 401 g/mol. The molecule has 0 unspecified atom stereocenters. The summed E-state index contributed by atoms with van der Waals surface area (Å²) in [4.78, 5) is 18.2. The highest BCUT2D eigenvalue weighted by Crippen LogP contribution is 2.25. The molecule has 0 atom stereocenters. The molecule has 0 aromatic carbocycles. The van der Waals surface area contributed by atoms with Gasteiger partial charge in [0.1, 0.15) is 23.7 Å². The lowest BCUT2D eigenvalue weighted by Gasteiger charge is -2.22. The highest BCUT2D eigenvalue weighted by molar-refractivity contribution is 5.67. The molecule has 8 heteroatoms. The number of aryl methyl sites for hydroxylation is 1. The number of nitrogens with zero attached hydrogens (tertiary/aromatic N) is 5. The number of carbonyl (C=O) groups excluding carboxylic acids is 1. The van der Waals surface area contributed by atoms with Gasteiger partial charge in [-0.2, -0.15) is 0 Å². The van der Waals surface area contributed by atoms with E-state index in [1.165, 1.54) is 19.3 Å². The van der Waals surface area contributed by atoms with E-state index in [9.17, 15) is 4.79 Å². The van der Waals surface area contributed by atoms with Crippen molar-refractivity contribution in [3.8, 4) is 17.1 Å². The van der Waals surface area contributed by atoms with Crippen LogP contribution in [0, 0.1) is 0 Å². The van der Waals surface area contributed by atoms with E-state index in [0.717, 1.165) is 31.4 Å². The van der Waals surface area contributed by atoms with Crippen molar-refractivity contribution in [1.82, 2.24) is 24.9 Å². The molecule has 1 fully saturated rings. The zero-order chi connectivity index (χ0) is 20.6. The molecule has 2 aromatic heterocycles. The number of amides is 1. The summed E-state index contributed by atoms with van der Waals surface area (Å²) >= 11 is 0. The topological polar surface area (TPSA) is 82.4 Å². The van der Waals surface area contributed by atoms with Gasteiger partial charge in [0.15, 0.2) is 0 Å². The predicted octanol–water partition coefficient (Wildman–Crippen LogP) is 3.96. The lowest BCUT2D eigenvalue weighted by atomic mass is 9.98. The van der Waals surface area contributed by atoms with Crippen LogP contribution in [0.1, 0.15) is 57.6 Å². The molecule has 158 valence electrons. The quantitative estimate of drug-likeness (QED) is 0.666. The van der Waals surface area contributed by atoms with E-state index in [1.807, 2.05) is 12.1 Å². The third-order valence-corrected chi connectivity index (χ3v) is 5.27. The first-order chi connectivity index (χ1) is 14.1. The molecule has 8 nitrogen and oxygen atoms in total. The second-order valence-corrected chi connectivity index (χ2v) is 7.60. The molecule has 29 heavy (non-hydrogen) atoms. The maximum Gasteiger partial charge on any atom is 0.409 e. The zero-order valence-electron chi connectivity index (χ0n) is 17.6. The fourth-order valence-corrected chi connectivity index (χ4v) is 3.43.